The number of aromatic nitrogens is 1. The minimum Gasteiger partial charge on any atom is -0.497 e. The number of hydrogen-bond acceptors (Lipinski definition) is 3. The molecule has 0 fully saturated rings. The van der Waals surface area contributed by atoms with Crippen LogP contribution in [0.15, 0.2) is 77.6 Å². The highest BCUT2D eigenvalue weighted by atomic mass is 16.5. The highest BCUT2D eigenvalue weighted by Crippen LogP contribution is 2.21. The lowest BCUT2D eigenvalue weighted by Gasteiger charge is -2.14. The van der Waals surface area contributed by atoms with Gasteiger partial charge in [0.05, 0.1) is 12.6 Å². The Kier molecular flexibility index (Phi) is 7.12. The monoisotopic (exact) mass is 454 g/mol. The maximum Gasteiger partial charge on any atom is 0.254 e. The molecular formula is C29H30N2O3. The van der Waals surface area contributed by atoms with E-state index in [1.807, 2.05) is 55.5 Å². The minimum absolute atomic E-state index is 0.0489. The van der Waals surface area contributed by atoms with Gasteiger partial charge in [-0.3, -0.25) is 14.2 Å². The third kappa shape index (κ3) is 5.54. The molecule has 0 aliphatic carbocycles. The first-order valence-corrected chi connectivity index (χ1v) is 11.5. The normalized spacial score (nSPS) is 10.9. The summed E-state index contributed by atoms with van der Waals surface area (Å²) in [5, 5.41) is 3.85. The summed E-state index contributed by atoms with van der Waals surface area (Å²) in [7, 11) is 1.59. The number of fused-ring (bicyclic) bond motifs is 1. The number of pyridine rings is 1. The van der Waals surface area contributed by atoms with E-state index in [1.165, 1.54) is 16.7 Å². The predicted octanol–water partition coefficient (Wildman–Crippen LogP) is 4.73. The molecule has 1 amide bonds. The van der Waals surface area contributed by atoms with Crippen LogP contribution in [0.3, 0.4) is 0 Å². The standard InChI is InChI=1S/C29H30N2O3/c1-20-4-8-22(9-5-20)12-13-25-16-24-14-15-26(34-3)17-27(24)31(29(25)33)19-28(32)30-18-23-10-6-21(2)7-11-23/h4-11,14-17H,12-13,18-19H2,1-3H3,(H,30,32). The van der Waals surface area contributed by atoms with Crippen LogP contribution < -0.4 is 15.6 Å². The molecule has 34 heavy (non-hydrogen) atoms. The van der Waals surface area contributed by atoms with Crippen LogP contribution >= 0.6 is 0 Å². The number of nitrogens with zero attached hydrogens (tertiary/aromatic N) is 1. The molecule has 0 aliphatic rings. The number of amides is 1. The Morgan fingerprint density at radius 2 is 1.50 bits per heavy atom. The highest BCUT2D eigenvalue weighted by Gasteiger charge is 2.14. The molecule has 5 heteroatoms. The van der Waals surface area contributed by atoms with Gasteiger partial charge in [-0.25, -0.2) is 0 Å². The van der Waals surface area contributed by atoms with Crippen molar-refractivity contribution in [1.82, 2.24) is 9.88 Å². The molecule has 0 saturated heterocycles. The van der Waals surface area contributed by atoms with Crippen molar-refractivity contribution in [3.63, 3.8) is 0 Å². The SMILES string of the molecule is COc1ccc2cc(CCc3ccc(C)cc3)c(=O)n(CC(=O)NCc3ccc(C)cc3)c2c1. The molecule has 5 nitrogen and oxygen atoms in total. The molecule has 0 unspecified atom stereocenters. The van der Waals surface area contributed by atoms with Gasteiger partial charge in [-0.05, 0) is 61.4 Å². The van der Waals surface area contributed by atoms with Gasteiger partial charge in [0.15, 0.2) is 0 Å². The number of hydrogen-bond donors (Lipinski definition) is 1. The van der Waals surface area contributed by atoms with E-state index >= 15 is 0 Å². The maximum atomic E-state index is 13.4. The van der Waals surface area contributed by atoms with Crippen molar-refractivity contribution >= 4 is 16.8 Å². The van der Waals surface area contributed by atoms with Gasteiger partial charge in [0.1, 0.15) is 12.3 Å². The lowest BCUT2D eigenvalue weighted by Crippen LogP contribution is -2.33. The fraction of sp³-hybridized carbons (Fsp3) is 0.241. The molecule has 4 aromatic rings. The fourth-order valence-corrected chi connectivity index (χ4v) is 4.01. The van der Waals surface area contributed by atoms with Crippen LogP contribution in [0.1, 0.15) is 27.8 Å². The zero-order valence-electron chi connectivity index (χ0n) is 19.9. The van der Waals surface area contributed by atoms with Crippen LogP contribution in [0.2, 0.25) is 0 Å². The molecule has 1 N–H and O–H groups in total. The van der Waals surface area contributed by atoms with Crippen molar-refractivity contribution in [2.24, 2.45) is 0 Å². The van der Waals surface area contributed by atoms with Crippen LogP contribution in [0.5, 0.6) is 5.75 Å². The fourth-order valence-electron chi connectivity index (χ4n) is 4.01. The second-order valence-corrected chi connectivity index (χ2v) is 8.73. The number of rotatable bonds is 8. The first kappa shape index (κ1) is 23.3. The Bertz CT molecular complexity index is 1350. The van der Waals surface area contributed by atoms with Gasteiger partial charge in [-0.1, -0.05) is 59.7 Å². The Morgan fingerprint density at radius 1 is 0.853 bits per heavy atom. The summed E-state index contributed by atoms with van der Waals surface area (Å²) in [6, 6.07) is 23.9. The lowest BCUT2D eigenvalue weighted by atomic mass is 10.0. The van der Waals surface area contributed by atoms with E-state index in [4.69, 9.17) is 4.74 Å². The van der Waals surface area contributed by atoms with Crippen LogP contribution in [-0.4, -0.2) is 17.6 Å². The zero-order valence-corrected chi connectivity index (χ0v) is 19.9. The van der Waals surface area contributed by atoms with Crippen molar-refractivity contribution in [1.29, 1.82) is 0 Å². The second-order valence-electron chi connectivity index (χ2n) is 8.73. The number of carbonyl (C=O) groups is 1. The van der Waals surface area contributed by atoms with Gasteiger partial charge >= 0.3 is 0 Å². The number of carbonyl (C=O) groups excluding carboxylic acids is 1. The quantitative estimate of drug-likeness (QED) is 0.419. The molecular weight excluding hydrogens is 424 g/mol. The maximum absolute atomic E-state index is 13.4. The molecule has 1 aromatic heterocycles. The molecule has 0 atom stereocenters. The highest BCUT2D eigenvalue weighted by molar-refractivity contribution is 5.84. The van der Waals surface area contributed by atoms with E-state index in [0.29, 0.717) is 29.8 Å². The average Bonchev–Trinajstić information content (AvgIpc) is 2.85. The van der Waals surface area contributed by atoms with Gasteiger partial charge < -0.3 is 10.1 Å². The van der Waals surface area contributed by atoms with Crippen molar-refractivity contribution < 1.29 is 9.53 Å². The van der Waals surface area contributed by atoms with Crippen LogP contribution in [0, 0.1) is 13.8 Å². The summed E-state index contributed by atoms with van der Waals surface area (Å²) < 4.78 is 6.93. The summed E-state index contributed by atoms with van der Waals surface area (Å²) in [4.78, 5) is 26.3. The molecule has 4 rings (SSSR count). The van der Waals surface area contributed by atoms with Crippen molar-refractivity contribution in [2.75, 3.05) is 7.11 Å². The van der Waals surface area contributed by atoms with Crippen molar-refractivity contribution in [3.8, 4) is 5.75 Å². The van der Waals surface area contributed by atoms with E-state index in [0.717, 1.165) is 17.4 Å². The van der Waals surface area contributed by atoms with E-state index in [1.54, 1.807) is 11.7 Å². The molecule has 3 aromatic carbocycles. The first-order chi connectivity index (χ1) is 16.4. The Morgan fingerprint density at radius 3 is 2.15 bits per heavy atom. The van der Waals surface area contributed by atoms with Gasteiger partial charge in [0, 0.05) is 18.2 Å². The molecule has 0 spiro atoms. The summed E-state index contributed by atoms with van der Waals surface area (Å²) in [6.45, 7) is 4.46. The number of methoxy groups -OCH3 is 1. The van der Waals surface area contributed by atoms with Crippen molar-refractivity contribution in [2.45, 2.75) is 39.8 Å². The zero-order chi connectivity index (χ0) is 24.1. The van der Waals surface area contributed by atoms with Gasteiger partial charge in [-0.2, -0.15) is 0 Å². The molecule has 0 aliphatic heterocycles. The molecule has 0 saturated carbocycles. The van der Waals surface area contributed by atoms with Crippen LogP contribution in [-0.2, 0) is 30.7 Å². The second kappa shape index (κ2) is 10.4. The Hall–Kier alpha value is -3.86. The summed E-state index contributed by atoms with van der Waals surface area (Å²) in [5.74, 6) is 0.440. The van der Waals surface area contributed by atoms with E-state index in [2.05, 4.69) is 36.5 Å². The smallest absolute Gasteiger partial charge is 0.254 e. The Balaban J connectivity index is 1.60. The first-order valence-electron chi connectivity index (χ1n) is 11.5. The average molecular weight is 455 g/mol. The minimum atomic E-state index is -0.206. The topological polar surface area (TPSA) is 60.3 Å². The third-order valence-corrected chi connectivity index (χ3v) is 6.09. The molecule has 0 radical (unpaired) electrons. The molecule has 174 valence electrons. The predicted molar refractivity (Wildman–Crippen MR) is 136 cm³/mol. The van der Waals surface area contributed by atoms with E-state index in [-0.39, 0.29) is 18.0 Å². The largest absolute Gasteiger partial charge is 0.497 e. The lowest BCUT2D eigenvalue weighted by molar-refractivity contribution is -0.121. The number of benzene rings is 3. The number of ether oxygens (including phenoxy) is 1. The van der Waals surface area contributed by atoms with Crippen LogP contribution in [0.4, 0.5) is 0 Å². The van der Waals surface area contributed by atoms with Crippen molar-refractivity contribution in [3.05, 3.63) is 111 Å². The van der Waals surface area contributed by atoms with Gasteiger partial charge in [-0.15, -0.1) is 0 Å². The van der Waals surface area contributed by atoms with E-state index < -0.39 is 0 Å². The summed E-state index contributed by atoms with van der Waals surface area (Å²) in [5.41, 5.74) is 5.83. The number of aryl methyl sites for hydroxylation is 4. The summed E-state index contributed by atoms with van der Waals surface area (Å²) >= 11 is 0. The summed E-state index contributed by atoms with van der Waals surface area (Å²) in [6.07, 6.45) is 1.37. The van der Waals surface area contributed by atoms with Crippen LogP contribution in [0.25, 0.3) is 10.9 Å². The number of nitrogens with one attached hydrogen (secondary N) is 1. The van der Waals surface area contributed by atoms with E-state index in [9.17, 15) is 9.59 Å². The van der Waals surface area contributed by atoms with Gasteiger partial charge in [0.2, 0.25) is 5.91 Å². The third-order valence-electron chi connectivity index (χ3n) is 6.09. The molecule has 1 heterocycles. The molecule has 0 bridgehead atoms. The Labute approximate surface area is 200 Å². The van der Waals surface area contributed by atoms with Gasteiger partial charge in [0.25, 0.3) is 5.56 Å².